The van der Waals surface area contributed by atoms with Crippen LogP contribution in [0.3, 0.4) is 0 Å². The fraction of sp³-hybridized carbons (Fsp3) is 0.167. The summed E-state index contributed by atoms with van der Waals surface area (Å²) in [4.78, 5) is 25.1. The molecule has 0 amide bonds. The van der Waals surface area contributed by atoms with Gasteiger partial charge in [0, 0.05) is 0 Å². The minimum Gasteiger partial charge on any atom is -0.292 e. The maximum absolute atomic E-state index is 11.8. The number of Topliss-reactive ketones (excluding diaryl/α,β-unsaturated/α-hetero) is 2. The van der Waals surface area contributed by atoms with Gasteiger partial charge in [0.25, 0.3) is 0 Å². The fourth-order valence-corrected chi connectivity index (χ4v) is 4.92. The minimum atomic E-state index is 0.0702. The average molecular weight is 440 g/mol. The summed E-state index contributed by atoms with van der Waals surface area (Å²) in [7, 11) is 0. The standard InChI is InChI=1S/C12H8Br2O2S3/c13-11-3-1-9(18-11)7(15)5-17-6-8(16)10-2-4-12(14)19-10/h1-4H,5-6H2. The molecular formula is C12H8Br2O2S3. The largest absolute Gasteiger partial charge is 0.292 e. The molecule has 0 aliphatic heterocycles. The number of halogens is 2. The molecule has 0 saturated carbocycles. The molecular weight excluding hydrogens is 432 g/mol. The summed E-state index contributed by atoms with van der Waals surface area (Å²) in [6.07, 6.45) is 0. The first-order valence-electron chi connectivity index (χ1n) is 5.21. The number of hydrogen-bond donors (Lipinski definition) is 0. The Kier molecular flexibility index (Phi) is 5.83. The van der Waals surface area contributed by atoms with Crippen LogP contribution in [0.4, 0.5) is 0 Å². The first-order chi connectivity index (χ1) is 9.06. The SMILES string of the molecule is O=C(CSCC(=O)c1ccc(Br)s1)c1ccc(Br)s1. The van der Waals surface area contributed by atoms with E-state index in [2.05, 4.69) is 31.9 Å². The lowest BCUT2D eigenvalue weighted by atomic mass is 10.3. The highest BCUT2D eigenvalue weighted by atomic mass is 79.9. The third-order valence-electron chi connectivity index (χ3n) is 2.16. The van der Waals surface area contributed by atoms with Crippen molar-refractivity contribution in [2.45, 2.75) is 0 Å². The molecule has 0 saturated heterocycles. The number of hydrogen-bond acceptors (Lipinski definition) is 5. The minimum absolute atomic E-state index is 0.0702. The number of thiophene rings is 2. The quantitative estimate of drug-likeness (QED) is 0.584. The summed E-state index contributed by atoms with van der Waals surface area (Å²) in [6, 6.07) is 7.32. The molecule has 0 spiro atoms. The topological polar surface area (TPSA) is 34.1 Å². The van der Waals surface area contributed by atoms with Gasteiger partial charge in [-0.1, -0.05) is 0 Å². The van der Waals surface area contributed by atoms with Gasteiger partial charge in [0.05, 0.1) is 28.8 Å². The van der Waals surface area contributed by atoms with Crippen molar-refractivity contribution in [1.82, 2.24) is 0 Å². The monoisotopic (exact) mass is 438 g/mol. The first-order valence-corrected chi connectivity index (χ1v) is 9.58. The lowest BCUT2D eigenvalue weighted by Gasteiger charge is -1.98. The second-order valence-electron chi connectivity index (χ2n) is 3.55. The van der Waals surface area contributed by atoms with Crippen molar-refractivity contribution in [3.05, 3.63) is 41.6 Å². The Hall–Kier alpha value is 0.0500. The fourth-order valence-electron chi connectivity index (χ4n) is 1.31. The van der Waals surface area contributed by atoms with E-state index < -0.39 is 0 Å². The molecule has 0 unspecified atom stereocenters. The van der Waals surface area contributed by atoms with Gasteiger partial charge in [0.1, 0.15) is 0 Å². The Labute approximate surface area is 139 Å². The average Bonchev–Trinajstić information content (AvgIpc) is 2.98. The molecule has 0 bridgehead atoms. The van der Waals surface area contributed by atoms with E-state index in [-0.39, 0.29) is 11.6 Å². The predicted octanol–water partition coefficient (Wildman–Crippen LogP) is 5.13. The first kappa shape index (κ1) is 15.4. The lowest BCUT2D eigenvalue weighted by molar-refractivity contribution is 0.102. The summed E-state index contributed by atoms with van der Waals surface area (Å²) >= 11 is 10.9. The van der Waals surface area contributed by atoms with Crippen LogP contribution in [0.5, 0.6) is 0 Å². The molecule has 2 heterocycles. The molecule has 2 aromatic heterocycles. The molecule has 0 N–H and O–H groups in total. The number of thioether (sulfide) groups is 1. The highest BCUT2D eigenvalue weighted by molar-refractivity contribution is 9.11. The molecule has 2 nitrogen and oxygen atoms in total. The van der Waals surface area contributed by atoms with E-state index in [0.717, 1.165) is 17.3 Å². The summed E-state index contributed by atoms with van der Waals surface area (Å²) in [5, 5.41) is 0. The van der Waals surface area contributed by atoms with Crippen LogP contribution in [-0.4, -0.2) is 23.1 Å². The number of carbonyl (C=O) groups is 2. The van der Waals surface area contributed by atoms with Crippen LogP contribution in [-0.2, 0) is 0 Å². The van der Waals surface area contributed by atoms with Crippen LogP contribution in [0.2, 0.25) is 0 Å². The third-order valence-corrected chi connectivity index (χ3v) is 6.42. The highest BCUT2D eigenvalue weighted by Crippen LogP contribution is 2.25. The number of ketones is 2. The van der Waals surface area contributed by atoms with E-state index >= 15 is 0 Å². The van der Waals surface area contributed by atoms with Crippen LogP contribution in [0.1, 0.15) is 19.3 Å². The molecule has 2 rings (SSSR count). The van der Waals surface area contributed by atoms with E-state index in [9.17, 15) is 9.59 Å². The van der Waals surface area contributed by atoms with Gasteiger partial charge in [-0.05, 0) is 56.1 Å². The molecule has 100 valence electrons. The van der Waals surface area contributed by atoms with E-state index in [1.165, 1.54) is 34.4 Å². The van der Waals surface area contributed by atoms with Crippen molar-refractivity contribution < 1.29 is 9.59 Å². The molecule has 2 aromatic rings. The molecule has 0 aromatic carbocycles. The van der Waals surface area contributed by atoms with Gasteiger partial charge in [-0.2, -0.15) is 0 Å². The van der Waals surface area contributed by atoms with E-state index in [1.54, 1.807) is 12.1 Å². The molecule has 0 aliphatic rings. The van der Waals surface area contributed by atoms with Crippen molar-refractivity contribution in [1.29, 1.82) is 0 Å². The Morgan fingerprint density at radius 3 is 1.63 bits per heavy atom. The van der Waals surface area contributed by atoms with Crippen LogP contribution in [0.15, 0.2) is 31.8 Å². The van der Waals surface area contributed by atoms with Crippen molar-refractivity contribution in [2.24, 2.45) is 0 Å². The van der Waals surface area contributed by atoms with Crippen molar-refractivity contribution in [3.63, 3.8) is 0 Å². The van der Waals surface area contributed by atoms with Gasteiger partial charge in [-0.15, -0.1) is 34.4 Å². The van der Waals surface area contributed by atoms with Gasteiger partial charge < -0.3 is 0 Å². The van der Waals surface area contributed by atoms with E-state index in [4.69, 9.17) is 0 Å². The molecule has 0 radical (unpaired) electrons. The third kappa shape index (κ3) is 4.53. The maximum Gasteiger partial charge on any atom is 0.182 e. The van der Waals surface area contributed by atoms with E-state index in [1.807, 2.05) is 12.1 Å². The number of carbonyl (C=O) groups excluding carboxylic acids is 2. The zero-order valence-corrected chi connectivity index (χ0v) is 15.1. The van der Waals surface area contributed by atoms with Gasteiger partial charge in [0.15, 0.2) is 11.6 Å². The van der Waals surface area contributed by atoms with Gasteiger partial charge >= 0.3 is 0 Å². The highest BCUT2D eigenvalue weighted by Gasteiger charge is 2.12. The van der Waals surface area contributed by atoms with Crippen LogP contribution < -0.4 is 0 Å². The summed E-state index contributed by atoms with van der Waals surface area (Å²) < 4.78 is 1.89. The zero-order chi connectivity index (χ0) is 13.8. The Morgan fingerprint density at radius 2 is 1.32 bits per heavy atom. The summed E-state index contributed by atoms with van der Waals surface area (Å²) in [6.45, 7) is 0. The Bertz CT molecular complexity index is 551. The lowest BCUT2D eigenvalue weighted by Crippen LogP contribution is -2.05. The van der Waals surface area contributed by atoms with Crippen LogP contribution in [0, 0.1) is 0 Å². The van der Waals surface area contributed by atoms with Crippen LogP contribution in [0.25, 0.3) is 0 Å². The van der Waals surface area contributed by atoms with E-state index in [0.29, 0.717) is 11.5 Å². The normalized spacial score (nSPS) is 10.6. The second-order valence-corrected chi connectivity index (χ2v) is 9.46. The van der Waals surface area contributed by atoms with Gasteiger partial charge in [0.2, 0.25) is 0 Å². The maximum atomic E-state index is 11.8. The second kappa shape index (κ2) is 7.17. The van der Waals surface area contributed by atoms with Gasteiger partial charge in [-0.3, -0.25) is 9.59 Å². The van der Waals surface area contributed by atoms with Crippen molar-refractivity contribution in [2.75, 3.05) is 11.5 Å². The molecule has 7 heteroatoms. The Morgan fingerprint density at radius 1 is 0.895 bits per heavy atom. The molecule has 19 heavy (non-hydrogen) atoms. The van der Waals surface area contributed by atoms with Crippen molar-refractivity contribution >= 4 is 77.9 Å². The molecule has 0 fully saturated rings. The number of rotatable bonds is 6. The smallest absolute Gasteiger partial charge is 0.182 e. The Balaban J connectivity index is 1.80. The molecule has 0 atom stereocenters. The summed E-state index contributed by atoms with van der Waals surface area (Å²) in [5.41, 5.74) is 0. The van der Waals surface area contributed by atoms with Crippen LogP contribution >= 0.6 is 66.3 Å². The van der Waals surface area contributed by atoms with Gasteiger partial charge in [-0.25, -0.2) is 0 Å². The van der Waals surface area contributed by atoms with Crippen molar-refractivity contribution in [3.8, 4) is 0 Å². The molecule has 0 aliphatic carbocycles. The zero-order valence-electron chi connectivity index (χ0n) is 9.52. The predicted molar refractivity (Wildman–Crippen MR) is 90.0 cm³/mol. The summed E-state index contributed by atoms with van der Waals surface area (Å²) in [5.74, 6) is 0.818.